The van der Waals surface area contributed by atoms with Gasteiger partial charge < -0.3 is 5.73 Å². The summed E-state index contributed by atoms with van der Waals surface area (Å²) in [5.74, 6) is -0.563. The zero-order valence-corrected chi connectivity index (χ0v) is 11.5. The first kappa shape index (κ1) is 14.0. The molecular formula is C14H12N2O3S. The van der Waals surface area contributed by atoms with Gasteiger partial charge in [0.15, 0.2) is 0 Å². The van der Waals surface area contributed by atoms with Gasteiger partial charge in [-0.3, -0.25) is 4.79 Å². The third-order valence-corrected chi connectivity index (χ3v) is 3.22. The Labute approximate surface area is 117 Å². The Morgan fingerprint density at radius 2 is 1.90 bits per heavy atom. The number of primary amides is 1. The summed E-state index contributed by atoms with van der Waals surface area (Å²) in [4.78, 5) is 11.2. The van der Waals surface area contributed by atoms with E-state index in [2.05, 4.69) is 4.36 Å². The molecule has 0 saturated heterocycles. The van der Waals surface area contributed by atoms with Crippen LogP contribution in [0.15, 0.2) is 46.3 Å². The van der Waals surface area contributed by atoms with E-state index in [4.69, 9.17) is 5.73 Å². The molecule has 0 bridgehead atoms. The second-order valence-corrected chi connectivity index (χ2v) is 4.84. The minimum absolute atomic E-state index is 0.276. The Bertz CT molecular complexity index is 844. The van der Waals surface area contributed by atoms with E-state index in [1.165, 1.54) is 0 Å². The highest BCUT2D eigenvalue weighted by molar-refractivity contribution is 7.61. The highest BCUT2D eigenvalue weighted by Crippen LogP contribution is 2.30. The number of carbonyl (C=O) groups is 1. The highest BCUT2D eigenvalue weighted by Gasteiger charge is 2.07. The molecule has 2 N–H and O–H groups in total. The Hall–Kier alpha value is -2.47. The molecule has 0 atom stereocenters. The summed E-state index contributed by atoms with van der Waals surface area (Å²) in [5, 5.41) is 1.73. The van der Waals surface area contributed by atoms with Crippen LogP contribution in [0.1, 0.15) is 12.5 Å². The molecule has 0 saturated carbocycles. The van der Waals surface area contributed by atoms with Crippen molar-refractivity contribution in [1.82, 2.24) is 0 Å². The lowest BCUT2D eigenvalue weighted by Crippen LogP contribution is -2.11. The quantitative estimate of drug-likeness (QED) is 0.879. The van der Waals surface area contributed by atoms with Gasteiger partial charge in [0, 0.05) is 11.1 Å². The molecule has 5 nitrogen and oxygen atoms in total. The maximum absolute atomic E-state index is 11.2. The molecule has 0 heterocycles. The van der Waals surface area contributed by atoms with E-state index >= 15 is 0 Å². The van der Waals surface area contributed by atoms with E-state index in [-0.39, 0.29) is 5.69 Å². The molecule has 2 aromatic carbocycles. The van der Waals surface area contributed by atoms with Gasteiger partial charge in [-0.05, 0) is 29.8 Å². The topological polar surface area (TPSA) is 89.6 Å². The second-order valence-electron chi connectivity index (χ2n) is 4.22. The van der Waals surface area contributed by atoms with Gasteiger partial charge >= 0.3 is 10.5 Å². The van der Waals surface area contributed by atoms with Crippen molar-refractivity contribution in [2.45, 2.75) is 6.92 Å². The van der Waals surface area contributed by atoms with E-state index in [9.17, 15) is 13.2 Å². The number of nitrogens with two attached hydrogens (primary N) is 1. The van der Waals surface area contributed by atoms with Crippen LogP contribution in [-0.4, -0.2) is 14.3 Å². The maximum Gasteiger partial charge on any atom is 0.316 e. The minimum atomic E-state index is -2.57. The van der Waals surface area contributed by atoms with Gasteiger partial charge in [-0.1, -0.05) is 30.3 Å². The molecule has 0 spiro atoms. The first-order chi connectivity index (χ1) is 9.49. The Kier molecular flexibility index (Phi) is 3.95. The number of benzene rings is 2. The third kappa shape index (κ3) is 2.92. The van der Waals surface area contributed by atoms with Crippen molar-refractivity contribution in [3.63, 3.8) is 0 Å². The summed E-state index contributed by atoms with van der Waals surface area (Å²) < 4.78 is 25.1. The smallest absolute Gasteiger partial charge is 0.316 e. The minimum Gasteiger partial charge on any atom is -0.366 e. The fourth-order valence-electron chi connectivity index (χ4n) is 1.88. The molecule has 0 aliphatic carbocycles. The standard InChI is InChI=1S/C14H12N2O3S/c1-9(14(15)17)8-12-11-5-3-2-4-10(11)6-7-13(12)16-20(18)19/h2-8H,1H3,(H2,15,17). The highest BCUT2D eigenvalue weighted by atomic mass is 32.2. The molecule has 0 aliphatic rings. The summed E-state index contributed by atoms with van der Waals surface area (Å²) in [5.41, 5.74) is 6.38. The monoisotopic (exact) mass is 288 g/mol. The lowest BCUT2D eigenvalue weighted by atomic mass is 10.0. The Morgan fingerprint density at radius 3 is 2.55 bits per heavy atom. The van der Waals surface area contributed by atoms with Crippen LogP contribution in [0.2, 0.25) is 0 Å². The number of nitrogens with zero attached hydrogens (tertiary/aromatic N) is 1. The zero-order chi connectivity index (χ0) is 14.7. The van der Waals surface area contributed by atoms with Crippen LogP contribution in [-0.2, 0) is 15.3 Å². The summed E-state index contributed by atoms with van der Waals surface area (Å²) in [6.07, 6.45) is 1.55. The largest absolute Gasteiger partial charge is 0.366 e. The van der Waals surface area contributed by atoms with E-state index in [0.29, 0.717) is 11.1 Å². The van der Waals surface area contributed by atoms with Gasteiger partial charge in [-0.15, -0.1) is 4.36 Å². The van der Waals surface area contributed by atoms with Gasteiger partial charge in [0.25, 0.3) is 0 Å². The van der Waals surface area contributed by atoms with Crippen LogP contribution in [0.3, 0.4) is 0 Å². The predicted octanol–water partition coefficient (Wildman–Crippen LogP) is 2.42. The van der Waals surface area contributed by atoms with Crippen LogP contribution in [0.4, 0.5) is 5.69 Å². The fraction of sp³-hybridized carbons (Fsp3) is 0.0714. The first-order valence-corrected chi connectivity index (χ1v) is 6.83. The van der Waals surface area contributed by atoms with Gasteiger partial charge in [0.05, 0.1) is 5.69 Å². The molecule has 2 aromatic rings. The van der Waals surface area contributed by atoms with Crippen molar-refractivity contribution < 1.29 is 13.2 Å². The van der Waals surface area contributed by atoms with E-state index in [1.54, 1.807) is 25.1 Å². The predicted molar refractivity (Wildman–Crippen MR) is 77.8 cm³/mol. The zero-order valence-electron chi connectivity index (χ0n) is 10.7. The Morgan fingerprint density at radius 1 is 1.20 bits per heavy atom. The van der Waals surface area contributed by atoms with Crippen molar-refractivity contribution in [3.8, 4) is 0 Å². The number of carbonyl (C=O) groups excluding carboxylic acids is 1. The lowest BCUT2D eigenvalue weighted by molar-refractivity contribution is -0.114. The molecule has 0 fully saturated rings. The molecular weight excluding hydrogens is 276 g/mol. The molecule has 0 unspecified atom stereocenters. The van der Waals surface area contributed by atoms with Crippen LogP contribution < -0.4 is 5.73 Å². The summed E-state index contributed by atoms with van der Waals surface area (Å²) >= 11 is 0. The lowest BCUT2D eigenvalue weighted by Gasteiger charge is -2.06. The molecule has 102 valence electrons. The van der Waals surface area contributed by atoms with Gasteiger partial charge in [0.2, 0.25) is 5.91 Å². The average Bonchev–Trinajstić information content (AvgIpc) is 2.40. The number of rotatable bonds is 3. The van der Waals surface area contributed by atoms with Gasteiger partial charge in [0.1, 0.15) is 0 Å². The van der Waals surface area contributed by atoms with Crippen molar-refractivity contribution >= 4 is 38.9 Å². The maximum atomic E-state index is 11.2. The van der Waals surface area contributed by atoms with Crippen LogP contribution >= 0.6 is 0 Å². The number of hydrogen-bond acceptors (Lipinski definition) is 4. The van der Waals surface area contributed by atoms with E-state index < -0.39 is 16.4 Å². The molecule has 0 radical (unpaired) electrons. The van der Waals surface area contributed by atoms with Crippen molar-refractivity contribution in [3.05, 3.63) is 47.5 Å². The summed E-state index contributed by atoms with van der Waals surface area (Å²) in [6.45, 7) is 1.57. The van der Waals surface area contributed by atoms with E-state index in [0.717, 1.165) is 10.8 Å². The van der Waals surface area contributed by atoms with E-state index in [1.807, 2.05) is 24.3 Å². The molecule has 0 aromatic heterocycles. The molecule has 0 aliphatic heterocycles. The summed E-state index contributed by atoms with van der Waals surface area (Å²) in [6, 6.07) is 10.8. The van der Waals surface area contributed by atoms with Gasteiger partial charge in [-0.25, -0.2) is 0 Å². The van der Waals surface area contributed by atoms with Crippen LogP contribution in [0.5, 0.6) is 0 Å². The summed E-state index contributed by atoms with van der Waals surface area (Å²) in [7, 11) is -2.57. The molecule has 6 heteroatoms. The van der Waals surface area contributed by atoms with Crippen LogP contribution in [0.25, 0.3) is 16.8 Å². The first-order valence-electron chi connectivity index (χ1n) is 5.80. The third-order valence-electron chi connectivity index (χ3n) is 2.87. The average molecular weight is 288 g/mol. The van der Waals surface area contributed by atoms with Crippen molar-refractivity contribution in [1.29, 1.82) is 0 Å². The SMILES string of the molecule is CC(=Cc1c(N=S(=O)=O)ccc2ccccc12)C(N)=O. The molecule has 1 amide bonds. The second kappa shape index (κ2) is 5.66. The number of fused-ring (bicyclic) bond motifs is 1. The molecule has 2 rings (SSSR count). The number of amides is 1. The van der Waals surface area contributed by atoms with Gasteiger partial charge in [-0.2, -0.15) is 8.42 Å². The van der Waals surface area contributed by atoms with Crippen molar-refractivity contribution in [2.75, 3.05) is 0 Å². The number of hydrogen-bond donors (Lipinski definition) is 1. The van der Waals surface area contributed by atoms with Crippen molar-refractivity contribution in [2.24, 2.45) is 10.1 Å². The normalized spacial score (nSPS) is 11.3. The van der Waals surface area contributed by atoms with Crippen LogP contribution in [0, 0.1) is 0 Å². The fourth-order valence-corrected chi connectivity index (χ4v) is 2.20. The Balaban J connectivity index is 2.84. The molecule has 20 heavy (non-hydrogen) atoms.